The number of aromatic nitrogens is 3. The van der Waals surface area contributed by atoms with Crippen molar-refractivity contribution >= 4 is 10.9 Å². The molecule has 0 atom stereocenters. The molecule has 0 amide bonds. The molecule has 2 aromatic carbocycles. The van der Waals surface area contributed by atoms with Crippen LogP contribution in [0.4, 0.5) is 0 Å². The Hall–Kier alpha value is -2.81. The fourth-order valence-electron chi connectivity index (χ4n) is 2.91. The number of nitrogens with one attached hydrogen (secondary N) is 1. The minimum Gasteiger partial charge on any atom is -0.340 e. The Labute approximate surface area is 129 Å². The fraction of sp³-hybridized carbons (Fsp3) is 0.105. The number of H-pyrrole nitrogens is 1. The van der Waals surface area contributed by atoms with Crippen LogP contribution in [-0.2, 0) is 6.54 Å². The van der Waals surface area contributed by atoms with Gasteiger partial charge in [-0.05, 0) is 36.2 Å². The van der Waals surface area contributed by atoms with Crippen molar-refractivity contribution in [3.63, 3.8) is 0 Å². The lowest BCUT2D eigenvalue weighted by Crippen LogP contribution is -2.03. The Morgan fingerprint density at radius 2 is 1.86 bits per heavy atom. The number of fused-ring (bicyclic) bond motifs is 1. The van der Waals surface area contributed by atoms with E-state index >= 15 is 0 Å². The monoisotopic (exact) mass is 287 g/mol. The summed E-state index contributed by atoms with van der Waals surface area (Å²) in [6.45, 7) is 3.01. The fourth-order valence-corrected chi connectivity index (χ4v) is 2.91. The van der Waals surface area contributed by atoms with Crippen LogP contribution in [0.25, 0.3) is 22.2 Å². The Morgan fingerprint density at radius 3 is 2.73 bits per heavy atom. The summed E-state index contributed by atoms with van der Waals surface area (Å²) in [7, 11) is 0. The van der Waals surface area contributed by atoms with Crippen LogP contribution in [0.5, 0.6) is 0 Å². The van der Waals surface area contributed by atoms with Gasteiger partial charge in [0.05, 0.1) is 11.7 Å². The van der Waals surface area contributed by atoms with Gasteiger partial charge in [-0.1, -0.05) is 42.5 Å². The summed E-state index contributed by atoms with van der Waals surface area (Å²) in [4.78, 5) is 0. The summed E-state index contributed by atoms with van der Waals surface area (Å²) in [5, 5.41) is 8.28. The van der Waals surface area contributed by atoms with Crippen LogP contribution in [0.3, 0.4) is 0 Å². The third-order valence-corrected chi connectivity index (χ3v) is 4.12. The maximum absolute atomic E-state index is 4.09. The lowest BCUT2D eigenvalue weighted by molar-refractivity contribution is 0.785. The number of rotatable bonds is 3. The van der Waals surface area contributed by atoms with E-state index in [2.05, 4.69) is 82.4 Å². The maximum Gasteiger partial charge on any atom is 0.0653 e. The summed E-state index contributed by atoms with van der Waals surface area (Å²) >= 11 is 0. The zero-order valence-electron chi connectivity index (χ0n) is 12.5. The molecule has 0 radical (unpaired) electrons. The first-order valence-corrected chi connectivity index (χ1v) is 7.45. The highest BCUT2D eigenvalue weighted by atomic mass is 15.1. The highest BCUT2D eigenvalue weighted by molar-refractivity contribution is 5.78. The molecule has 4 aromatic rings. The maximum atomic E-state index is 4.09. The highest BCUT2D eigenvalue weighted by Gasteiger charge is 2.08. The Kier molecular flexibility index (Phi) is 3.04. The van der Waals surface area contributed by atoms with Crippen molar-refractivity contribution in [2.45, 2.75) is 13.5 Å². The van der Waals surface area contributed by atoms with Gasteiger partial charge in [0.1, 0.15) is 0 Å². The normalized spacial score (nSPS) is 11.1. The molecule has 0 aliphatic carbocycles. The summed E-state index contributed by atoms with van der Waals surface area (Å²) in [5.41, 5.74) is 6.13. The summed E-state index contributed by atoms with van der Waals surface area (Å²) in [6.07, 6.45) is 1.86. The zero-order chi connectivity index (χ0) is 14.9. The van der Waals surface area contributed by atoms with Crippen LogP contribution in [0, 0.1) is 6.92 Å². The second kappa shape index (κ2) is 5.19. The molecule has 0 bridgehead atoms. The molecule has 0 aliphatic heterocycles. The molecule has 0 unspecified atom stereocenters. The molecular weight excluding hydrogens is 270 g/mol. The lowest BCUT2D eigenvalue weighted by Gasteiger charge is -2.12. The van der Waals surface area contributed by atoms with E-state index in [1.165, 1.54) is 22.5 Å². The minimum atomic E-state index is 0.859. The van der Waals surface area contributed by atoms with Crippen LogP contribution >= 0.6 is 0 Å². The zero-order valence-corrected chi connectivity index (χ0v) is 12.5. The SMILES string of the molecule is Cc1ccc(-c2ccccc2)n1Cc1ccc2cn[nH]c2c1. The van der Waals surface area contributed by atoms with Crippen LogP contribution in [-0.4, -0.2) is 14.8 Å². The first kappa shape index (κ1) is 12.9. The van der Waals surface area contributed by atoms with E-state index in [0.717, 1.165) is 17.4 Å². The van der Waals surface area contributed by atoms with Gasteiger partial charge in [-0.25, -0.2) is 0 Å². The van der Waals surface area contributed by atoms with Gasteiger partial charge in [0.2, 0.25) is 0 Å². The lowest BCUT2D eigenvalue weighted by atomic mass is 10.1. The van der Waals surface area contributed by atoms with Crippen molar-refractivity contribution in [1.82, 2.24) is 14.8 Å². The van der Waals surface area contributed by atoms with Crippen molar-refractivity contribution in [1.29, 1.82) is 0 Å². The van der Waals surface area contributed by atoms with E-state index in [0.29, 0.717) is 0 Å². The average Bonchev–Trinajstić information content (AvgIpc) is 3.15. The molecule has 3 heteroatoms. The van der Waals surface area contributed by atoms with E-state index in [9.17, 15) is 0 Å². The van der Waals surface area contributed by atoms with Crippen LogP contribution < -0.4 is 0 Å². The van der Waals surface area contributed by atoms with E-state index in [4.69, 9.17) is 0 Å². The molecule has 108 valence electrons. The van der Waals surface area contributed by atoms with E-state index in [-0.39, 0.29) is 0 Å². The van der Waals surface area contributed by atoms with E-state index < -0.39 is 0 Å². The highest BCUT2D eigenvalue weighted by Crippen LogP contribution is 2.24. The Morgan fingerprint density at radius 1 is 1.00 bits per heavy atom. The van der Waals surface area contributed by atoms with Crippen molar-refractivity contribution in [2.75, 3.05) is 0 Å². The van der Waals surface area contributed by atoms with Gasteiger partial charge in [0.25, 0.3) is 0 Å². The Bertz CT molecular complexity index is 916. The van der Waals surface area contributed by atoms with Gasteiger partial charge in [0, 0.05) is 23.3 Å². The van der Waals surface area contributed by atoms with E-state index in [1.807, 2.05) is 6.20 Å². The molecule has 0 spiro atoms. The van der Waals surface area contributed by atoms with Crippen molar-refractivity contribution in [2.24, 2.45) is 0 Å². The van der Waals surface area contributed by atoms with Crippen molar-refractivity contribution in [3.8, 4) is 11.3 Å². The van der Waals surface area contributed by atoms with Gasteiger partial charge in [0.15, 0.2) is 0 Å². The predicted molar refractivity (Wildman–Crippen MR) is 89.8 cm³/mol. The second-order valence-corrected chi connectivity index (χ2v) is 5.60. The number of aromatic amines is 1. The second-order valence-electron chi connectivity index (χ2n) is 5.60. The molecular formula is C19H17N3. The van der Waals surface area contributed by atoms with Gasteiger partial charge in [-0.15, -0.1) is 0 Å². The largest absolute Gasteiger partial charge is 0.340 e. The predicted octanol–water partition coefficient (Wildman–Crippen LogP) is 4.39. The molecule has 0 saturated carbocycles. The molecule has 4 rings (SSSR count). The number of hydrogen-bond donors (Lipinski definition) is 1. The van der Waals surface area contributed by atoms with Crippen molar-refractivity contribution < 1.29 is 0 Å². The van der Waals surface area contributed by atoms with Crippen molar-refractivity contribution in [3.05, 3.63) is 78.1 Å². The first-order chi connectivity index (χ1) is 10.8. The van der Waals surface area contributed by atoms with Gasteiger partial charge in [-0.2, -0.15) is 5.10 Å². The molecule has 0 fully saturated rings. The van der Waals surface area contributed by atoms with Gasteiger partial charge < -0.3 is 4.57 Å². The molecule has 22 heavy (non-hydrogen) atoms. The first-order valence-electron chi connectivity index (χ1n) is 7.45. The van der Waals surface area contributed by atoms with Crippen LogP contribution in [0.15, 0.2) is 66.9 Å². The smallest absolute Gasteiger partial charge is 0.0653 e. The summed E-state index contributed by atoms with van der Waals surface area (Å²) in [5.74, 6) is 0. The molecule has 3 nitrogen and oxygen atoms in total. The molecule has 0 saturated heterocycles. The summed E-state index contributed by atoms with van der Waals surface area (Å²) in [6, 6.07) is 21.4. The number of benzene rings is 2. The van der Waals surface area contributed by atoms with Crippen LogP contribution in [0.1, 0.15) is 11.3 Å². The average molecular weight is 287 g/mol. The third kappa shape index (κ3) is 2.21. The molecule has 1 N–H and O–H groups in total. The third-order valence-electron chi connectivity index (χ3n) is 4.12. The minimum absolute atomic E-state index is 0.859. The molecule has 0 aliphatic rings. The molecule has 2 aromatic heterocycles. The molecule has 2 heterocycles. The van der Waals surface area contributed by atoms with Gasteiger partial charge in [-0.3, -0.25) is 5.10 Å². The van der Waals surface area contributed by atoms with Gasteiger partial charge >= 0.3 is 0 Å². The number of hydrogen-bond acceptors (Lipinski definition) is 1. The standard InChI is InChI=1S/C19H17N3/c1-14-7-10-19(16-5-3-2-4-6-16)22(14)13-15-8-9-17-12-20-21-18(17)11-15/h2-12H,13H2,1H3,(H,20,21). The number of aryl methyl sites for hydroxylation is 1. The topological polar surface area (TPSA) is 33.6 Å². The summed E-state index contributed by atoms with van der Waals surface area (Å²) < 4.78 is 2.35. The quantitative estimate of drug-likeness (QED) is 0.595. The number of nitrogens with zero attached hydrogens (tertiary/aromatic N) is 2. The Balaban J connectivity index is 1.75. The van der Waals surface area contributed by atoms with Crippen LogP contribution in [0.2, 0.25) is 0 Å². The van der Waals surface area contributed by atoms with E-state index in [1.54, 1.807) is 0 Å².